The Morgan fingerprint density at radius 2 is 2.25 bits per heavy atom. The van der Waals surface area contributed by atoms with Crippen LogP contribution in [0, 0.1) is 0 Å². The molecule has 0 aliphatic heterocycles. The third-order valence-corrected chi connectivity index (χ3v) is 2.24. The molecule has 0 atom stereocenters. The molecular weight excluding hydrogens is 228 g/mol. The van der Waals surface area contributed by atoms with Gasteiger partial charge >= 0.3 is 0 Å². The van der Waals surface area contributed by atoms with Crippen molar-refractivity contribution in [1.82, 2.24) is 0 Å². The zero-order chi connectivity index (χ0) is 11.8. The van der Waals surface area contributed by atoms with Crippen LogP contribution in [0.4, 0.5) is 0 Å². The Hall–Kier alpha value is -1.06. The van der Waals surface area contributed by atoms with Crippen molar-refractivity contribution in [2.24, 2.45) is 0 Å². The molecule has 0 aliphatic carbocycles. The van der Waals surface area contributed by atoms with Gasteiger partial charge in [-0.15, -0.1) is 0 Å². The Balaban J connectivity index is 2.26. The van der Waals surface area contributed by atoms with E-state index in [1.54, 1.807) is 31.4 Å². The molecule has 0 radical (unpaired) electrons. The molecule has 0 aromatic heterocycles. The van der Waals surface area contributed by atoms with E-state index in [9.17, 15) is 4.79 Å². The monoisotopic (exact) mass is 242 g/mol. The third kappa shape index (κ3) is 5.14. The van der Waals surface area contributed by atoms with Crippen LogP contribution in [-0.4, -0.2) is 26.1 Å². The first-order valence-corrected chi connectivity index (χ1v) is 5.49. The fourth-order valence-corrected chi connectivity index (χ4v) is 1.39. The normalized spacial score (nSPS) is 10.1. The van der Waals surface area contributed by atoms with E-state index in [0.717, 1.165) is 6.42 Å². The number of hydrogen-bond donors (Lipinski definition) is 0. The minimum atomic E-state index is 0.0667. The number of methoxy groups -OCH3 is 1. The minimum absolute atomic E-state index is 0.0667. The molecule has 1 rings (SSSR count). The van der Waals surface area contributed by atoms with Gasteiger partial charge < -0.3 is 9.47 Å². The minimum Gasteiger partial charge on any atom is -0.486 e. The second kappa shape index (κ2) is 7.25. The molecule has 3 nitrogen and oxygen atoms in total. The maximum atomic E-state index is 11.4. The molecule has 0 amide bonds. The number of carbonyl (C=O) groups excluding carboxylic acids is 1. The number of carbonyl (C=O) groups is 1. The zero-order valence-corrected chi connectivity index (χ0v) is 10.00. The molecule has 0 saturated carbocycles. The number of rotatable bonds is 7. The number of hydrogen-bond acceptors (Lipinski definition) is 3. The van der Waals surface area contributed by atoms with E-state index in [0.29, 0.717) is 23.8 Å². The molecule has 88 valence electrons. The standard InChI is InChI=1S/C12H15ClO3/c1-15-7-3-5-11(14)9-16-12-6-2-4-10(13)8-12/h2,4,6,8H,3,5,7,9H2,1H3. The van der Waals surface area contributed by atoms with Crippen molar-refractivity contribution < 1.29 is 14.3 Å². The number of Topliss-reactive ketones (excluding diaryl/α,β-unsaturated/α-hetero) is 1. The summed E-state index contributed by atoms with van der Waals surface area (Å²) in [6.45, 7) is 0.687. The van der Waals surface area contributed by atoms with Gasteiger partial charge in [0.05, 0.1) is 0 Å². The van der Waals surface area contributed by atoms with Gasteiger partial charge in [-0.25, -0.2) is 0 Å². The van der Waals surface area contributed by atoms with E-state index in [4.69, 9.17) is 21.1 Å². The lowest BCUT2D eigenvalue weighted by atomic mass is 10.2. The second-order valence-electron chi connectivity index (χ2n) is 3.38. The number of ketones is 1. The molecular formula is C12H15ClO3. The van der Waals surface area contributed by atoms with E-state index < -0.39 is 0 Å². The van der Waals surface area contributed by atoms with Gasteiger partial charge in [0.1, 0.15) is 12.4 Å². The van der Waals surface area contributed by atoms with Gasteiger partial charge in [-0.2, -0.15) is 0 Å². The Labute approximate surface area is 100 Å². The van der Waals surface area contributed by atoms with Gasteiger partial charge in [-0.3, -0.25) is 4.79 Å². The van der Waals surface area contributed by atoms with Crippen LogP contribution in [0.25, 0.3) is 0 Å². The highest BCUT2D eigenvalue weighted by Crippen LogP contribution is 2.16. The van der Waals surface area contributed by atoms with Crippen molar-refractivity contribution in [3.8, 4) is 5.75 Å². The van der Waals surface area contributed by atoms with Crippen LogP contribution in [-0.2, 0) is 9.53 Å². The fraction of sp³-hybridized carbons (Fsp3) is 0.417. The van der Waals surface area contributed by atoms with E-state index in [-0.39, 0.29) is 12.4 Å². The van der Waals surface area contributed by atoms with E-state index in [1.807, 2.05) is 0 Å². The molecule has 0 saturated heterocycles. The molecule has 0 N–H and O–H groups in total. The third-order valence-electron chi connectivity index (χ3n) is 2.00. The molecule has 0 spiro atoms. The average molecular weight is 243 g/mol. The molecule has 1 aromatic carbocycles. The van der Waals surface area contributed by atoms with Crippen LogP contribution in [0.5, 0.6) is 5.75 Å². The molecule has 16 heavy (non-hydrogen) atoms. The predicted octanol–water partition coefficient (Wildman–Crippen LogP) is 2.71. The highest BCUT2D eigenvalue weighted by molar-refractivity contribution is 6.30. The van der Waals surface area contributed by atoms with Crippen LogP contribution in [0.2, 0.25) is 5.02 Å². The van der Waals surface area contributed by atoms with Crippen LogP contribution >= 0.6 is 11.6 Å². The van der Waals surface area contributed by atoms with Gasteiger partial charge in [0.25, 0.3) is 0 Å². The summed E-state index contributed by atoms with van der Waals surface area (Å²) in [5.41, 5.74) is 0. The van der Waals surface area contributed by atoms with Crippen molar-refractivity contribution >= 4 is 17.4 Å². The SMILES string of the molecule is COCCCC(=O)COc1cccc(Cl)c1. The smallest absolute Gasteiger partial charge is 0.170 e. The summed E-state index contributed by atoms with van der Waals surface area (Å²) in [6.07, 6.45) is 1.21. The van der Waals surface area contributed by atoms with Gasteiger partial charge in [0.15, 0.2) is 5.78 Å². The zero-order valence-electron chi connectivity index (χ0n) is 9.24. The van der Waals surface area contributed by atoms with Crippen molar-refractivity contribution in [2.75, 3.05) is 20.3 Å². The maximum absolute atomic E-state index is 11.4. The number of halogens is 1. The lowest BCUT2D eigenvalue weighted by Crippen LogP contribution is -2.11. The van der Waals surface area contributed by atoms with Crippen LogP contribution < -0.4 is 4.74 Å². The summed E-state index contributed by atoms with van der Waals surface area (Å²) in [5.74, 6) is 0.685. The first kappa shape index (κ1) is 13.0. The van der Waals surface area contributed by atoms with Crippen molar-refractivity contribution in [2.45, 2.75) is 12.8 Å². The Kier molecular flexibility index (Phi) is 5.90. The summed E-state index contributed by atoms with van der Waals surface area (Å²) in [7, 11) is 1.62. The number of benzene rings is 1. The average Bonchev–Trinajstić information content (AvgIpc) is 2.27. The van der Waals surface area contributed by atoms with Crippen molar-refractivity contribution in [3.05, 3.63) is 29.3 Å². The van der Waals surface area contributed by atoms with Crippen molar-refractivity contribution in [1.29, 1.82) is 0 Å². The first-order chi connectivity index (χ1) is 7.72. The fourth-order valence-electron chi connectivity index (χ4n) is 1.21. The lowest BCUT2D eigenvalue weighted by Gasteiger charge is -2.05. The van der Waals surface area contributed by atoms with Gasteiger partial charge in [-0.1, -0.05) is 17.7 Å². The predicted molar refractivity (Wildman–Crippen MR) is 63.1 cm³/mol. The summed E-state index contributed by atoms with van der Waals surface area (Å²) in [5, 5.41) is 0.601. The summed E-state index contributed by atoms with van der Waals surface area (Å²) in [4.78, 5) is 11.4. The van der Waals surface area contributed by atoms with Gasteiger partial charge in [0, 0.05) is 25.2 Å². The highest BCUT2D eigenvalue weighted by atomic mass is 35.5. The van der Waals surface area contributed by atoms with E-state index >= 15 is 0 Å². The van der Waals surface area contributed by atoms with E-state index in [1.165, 1.54) is 0 Å². The summed E-state index contributed by atoms with van der Waals surface area (Å²) < 4.78 is 10.2. The van der Waals surface area contributed by atoms with E-state index in [2.05, 4.69) is 0 Å². The molecule has 0 heterocycles. The Bertz CT molecular complexity index is 339. The quantitative estimate of drug-likeness (QED) is 0.690. The van der Waals surface area contributed by atoms with Crippen LogP contribution in [0.3, 0.4) is 0 Å². The molecule has 1 aromatic rings. The number of ether oxygens (including phenoxy) is 2. The molecule has 0 unspecified atom stereocenters. The van der Waals surface area contributed by atoms with Gasteiger partial charge in [-0.05, 0) is 24.6 Å². The largest absolute Gasteiger partial charge is 0.486 e. The summed E-state index contributed by atoms with van der Waals surface area (Å²) >= 11 is 5.78. The Morgan fingerprint density at radius 3 is 2.94 bits per heavy atom. The molecule has 0 bridgehead atoms. The molecule has 4 heteroatoms. The van der Waals surface area contributed by atoms with Crippen molar-refractivity contribution in [3.63, 3.8) is 0 Å². The van der Waals surface area contributed by atoms with Crippen LogP contribution in [0.15, 0.2) is 24.3 Å². The topological polar surface area (TPSA) is 35.5 Å². The highest BCUT2D eigenvalue weighted by Gasteiger charge is 2.03. The lowest BCUT2D eigenvalue weighted by molar-refractivity contribution is -0.121. The second-order valence-corrected chi connectivity index (χ2v) is 3.82. The first-order valence-electron chi connectivity index (χ1n) is 5.11. The molecule has 0 fully saturated rings. The molecule has 0 aliphatic rings. The summed E-state index contributed by atoms with van der Waals surface area (Å²) in [6, 6.07) is 7.00. The van der Waals surface area contributed by atoms with Gasteiger partial charge in [0.2, 0.25) is 0 Å². The maximum Gasteiger partial charge on any atom is 0.170 e. The van der Waals surface area contributed by atoms with Crippen LogP contribution in [0.1, 0.15) is 12.8 Å². The Morgan fingerprint density at radius 1 is 1.44 bits per heavy atom.